The Bertz CT molecular complexity index is 1230. The van der Waals surface area contributed by atoms with Crippen molar-refractivity contribution in [1.82, 2.24) is 19.9 Å². The molecule has 3 heterocycles. The van der Waals surface area contributed by atoms with Crippen molar-refractivity contribution in [2.75, 3.05) is 18.8 Å². The van der Waals surface area contributed by atoms with E-state index >= 15 is 0 Å². The van der Waals surface area contributed by atoms with E-state index in [9.17, 15) is 0 Å². The number of piperidine rings is 1. The number of hydrogen-bond acceptors (Lipinski definition) is 5. The van der Waals surface area contributed by atoms with E-state index in [-0.39, 0.29) is 6.10 Å². The number of aryl methyl sites for hydroxylation is 1. The number of nitrogens with zero attached hydrogens (tertiary/aromatic N) is 3. The van der Waals surface area contributed by atoms with Gasteiger partial charge in [0.1, 0.15) is 23.2 Å². The molecule has 1 aliphatic heterocycles. The predicted octanol–water partition coefficient (Wildman–Crippen LogP) is 4.69. The fourth-order valence-corrected chi connectivity index (χ4v) is 4.61. The monoisotopic (exact) mass is 429 g/mol. The van der Waals surface area contributed by atoms with Crippen molar-refractivity contribution in [3.05, 3.63) is 59.9 Å². The zero-order valence-corrected chi connectivity index (χ0v) is 18.7. The molecule has 0 unspecified atom stereocenters. The van der Waals surface area contributed by atoms with Crippen LogP contribution in [0.1, 0.15) is 44.0 Å². The van der Waals surface area contributed by atoms with E-state index in [1.165, 1.54) is 5.56 Å². The van der Waals surface area contributed by atoms with E-state index in [2.05, 4.69) is 58.2 Å². The van der Waals surface area contributed by atoms with E-state index in [0.717, 1.165) is 85.2 Å². The van der Waals surface area contributed by atoms with E-state index in [1.54, 1.807) is 0 Å². The highest BCUT2D eigenvalue weighted by Gasteiger charge is 2.18. The van der Waals surface area contributed by atoms with E-state index in [0.29, 0.717) is 5.82 Å². The van der Waals surface area contributed by atoms with Crippen LogP contribution in [0.25, 0.3) is 21.9 Å². The highest BCUT2D eigenvalue weighted by atomic mass is 16.5. The van der Waals surface area contributed by atoms with Crippen LogP contribution < -0.4 is 15.8 Å². The summed E-state index contributed by atoms with van der Waals surface area (Å²) < 4.78 is 8.62. The van der Waals surface area contributed by atoms with Gasteiger partial charge in [-0.3, -0.25) is 0 Å². The molecule has 0 amide bonds. The number of aromatic nitrogens is 3. The van der Waals surface area contributed by atoms with Gasteiger partial charge in [0, 0.05) is 18.4 Å². The first-order chi connectivity index (χ1) is 15.7. The molecule has 0 saturated carbocycles. The molecule has 6 nitrogen and oxygen atoms in total. The van der Waals surface area contributed by atoms with Gasteiger partial charge in [0.25, 0.3) is 0 Å². The van der Waals surface area contributed by atoms with Crippen LogP contribution in [-0.2, 0) is 13.0 Å². The number of pyridine rings is 1. The van der Waals surface area contributed by atoms with Crippen molar-refractivity contribution in [2.24, 2.45) is 0 Å². The lowest BCUT2D eigenvalue weighted by atomic mass is 10.1. The Hall–Kier alpha value is -3.12. The molecule has 5 rings (SSSR count). The number of nitrogen functional groups attached to an aromatic ring is 1. The van der Waals surface area contributed by atoms with Gasteiger partial charge in [-0.05, 0) is 56.1 Å². The van der Waals surface area contributed by atoms with Crippen LogP contribution in [0.4, 0.5) is 5.82 Å². The Kier molecular flexibility index (Phi) is 5.95. The van der Waals surface area contributed by atoms with E-state index < -0.39 is 0 Å². The van der Waals surface area contributed by atoms with Gasteiger partial charge in [-0.15, -0.1) is 0 Å². The molecule has 4 aromatic rings. The van der Waals surface area contributed by atoms with Gasteiger partial charge in [-0.1, -0.05) is 43.7 Å². The van der Waals surface area contributed by atoms with Crippen LogP contribution in [0.5, 0.6) is 5.75 Å². The normalized spacial score (nSPS) is 14.9. The SMILES string of the molecule is CCCCc1nc2c(N)nc3ccccc3c2n1Cc1cccc(OC2CCNCC2)c1. The molecule has 0 spiro atoms. The lowest BCUT2D eigenvalue weighted by Gasteiger charge is -2.24. The van der Waals surface area contributed by atoms with Crippen LogP contribution in [0.3, 0.4) is 0 Å². The Morgan fingerprint density at radius 1 is 1.09 bits per heavy atom. The Labute approximate surface area is 188 Å². The minimum Gasteiger partial charge on any atom is -0.490 e. The molecule has 32 heavy (non-hydrogen) atoms. The molecule has 2 aromatic heterocycles. The number of nitrogens with two attached hydrogens (primary N) is 1. The fourth-order valence-electron chi connectivity index (χ4n) is 4.61. The third-order valence-corrected chi connectivity index (χ3v) is 6.27. The number of benzene rings is 2. The number of fused-ring (bicyclic) bond motifs is 3. The summed E-state index contributed by atoms with van der Waals surface area (Å²) in [6, 6.07) is 16.7. The second kappa shape index (κ2) is 9.17. The summed E-state index contributed by atoms with van der Waals surface area (Å²) in [7, 11) is 0. The number of anilines is 1. The molecule has 1 aliphatic rings. The highest BCUT2D eigenvalue weighted by molar-refractivity contribution is 6.06. The summed E-state index contributed by atoms with van der Waals surface area (Å²) in [5.74, 6) is 2.51. The van der Waals surface area contributed by atoms with Gasteiger partial charge in [0.05, 0.1) is 11.0 Å². The van der Waals surface area contributed by atoms with Gasteiger partial charge in [-0.25, -0.2) is 9.97 Å². The molecule has 1 saturated heterocycles. The minimum atomic E-state index is 0.288. The zero-order valence-electron chi connectivity index (χ0n) is 18.7. The molecular formula is C26H31N5O. The van der Waals surface area contributed by atoms with Crippen LogP contribution in [-0.4, -0.2) is 33.7 Å². The fraction of sp³-hybridized carbons (Fsp3) is 0.385. The highest BCUT2D eigenvalue weighted by Crippen LogP contribution is 2.30. The minimum absolute atomic E-state index is 0.288. The molecular weight excluding hydrogens is 398 g/mol. The number of imidazole rings is 1. The number of unbranched alkanes of at least 4 members (excludes halogenated alkanes) is 1. The maximum atomic E-state index is 6.34. The second-order valence-corrected chi connectivity index (χ2v) is 8.64. The van der Waals surface area contributed by atoms with Crippen molar-refractivity contribution < 1.29 is 4.74 Å². The van der Waals surface area contributed by atoms with Crippen LogP contribution >= 0.6 is 0 Å². The third kappa shape index (κ3) is 4.15. The molecule has 1 fully saturated rings. The largest absolute Gasteiger partial charge is 0.490 e. The third-order valence-electron chi connectivity index (χ3n) is 6.27. The summed E-state index contributed by atoms with van der Waals surface area (Å²) in [6.45, 7) is 4.98. The molecule has 166 valence electrons. The first-order valence-corrected chi connectivity index (χ1v) is 11.7. The zero-order chi connectivity index (χ0) is 21.9. The van der Waals surface area contributed by atoms with Gasteiger partial charge in [0.2, 0.25) is 0 Å². The molecule has 0 atom stereocenters. The maximum Gasteiger partial charge on any atom is 0.152 e. The van der Waals surface area contributed by atoms with Crippen LogP contribution in [0.2, 0.25) is 0 Å². The number of ether oxygens (including phenoxy) is 1. The molecule has 2 aromatic carbocycles. The van der Waals surface area contributed by atoms with Crippen molar-refractivity contribution in [2.45, 2.75) is 51.7 Å². The predicted molar refractivity (Wildman–Crippen MR) is 130 cm³/mol. The topological polar surface area (TPSA) is 78.0 Å². The van der Waals surface area contributed by atoms with Crippen LogP contribution in [0, 0.1) is 0 Å². The standard InChI is InChI=1S/C26H31N5O/c1-2-3-11-23-30-24-25(21-9-4-5-10-22(21)29-26(24)27)31(23)17-18-7-6-8-20(16-18)32-19-12-14-28-15-13-19/h4-10,16,19,28H,2-3,11-15,17H2,1H3,(H2,27,29). The number of para-hydroxylation sites is 1. The Morgan fingerprint density at radius 2 is 1.94 bits per heavy atom. The van der Waals surface area contributed by atoms with Gasteiger partial charge < -0.3 is 20.4 Å². The van der Waals surface area contributed by atoms with Crippen molar-refractivity contribution in [1.29, 1.82) is 0 Å². The molecule has 6 heteroatoms. The second-order valence-electron chi connectivity index (χ2n) is 8.64. The van der Waals surface area contributed by atoms with E-state index in [1.807, 2.05) is 12.1 Å². The molecule has 3 N–H and O–H groups in total. The summed E-state index contributed by atoms with van der Waals surface area (Å²) in [6.07, 6.45) is 5.52. The lowest BCUT2D eigenvalue weighted by molar-refractivity contribution is 0.162. The lowest BCUT2D eigenvalue weighted by Crippen LogP contribution is -2.34. The Morgan fingerprint density at radius 3 is 2.78 bits per heavy atom. The van der Waals surface area contributed by atoms with Crippen molar-refractivity contribution >= 4 is 27.8 Å². The molecule has 0 bridgehead atoms. The Balaban J connectivity index is 1.55. The number of nitrogens with one attached hydrogen (secondary N) is 1. The average molecular weight is 430 g/mol. The summed E-state index contributed by atoms with van der Waals surface area (Å²) in [5, 5.41) is 4.49. The van der Waals surface area contributed by atoms with Crippen molar-refractivity contribution in [3.63, 3.8) is 0 Å². The van der Waals surface area contributed by atoms with Crippen LogP contribution in [0.15, 0.2) is 48.5 Å². The summed E-state index contributed by atoms with van der Waals surface area (Å²) in [4.78, 5) is 9.55. The average Bonchev–Trinajstić information content (AvgIpc) is 3.18. The maximum absolute atomic E-state index is 6.34. The van der Waals surface area contributed by atoms with Crippen molar-refractivity contribution in [3.8, 4) is 5.75 Å². The molecule has 0 radical (unpaired) electrons. The smallest absolute Gasteiger partial charge is 0.152 e. The summed E-state index contributed by atoms with van der Waals surface area (Å²) >= 11 is 0. The first-order valence-electron chi connectivity index (χ1n) is 11.7. The van der Waals surface area contributed by atoms with Gasteiger partial charge >= 0.3 is 0 Å². The number of rotatable bonds is 7. The first kappa shape index (κ1) is 20.8. The molecule has 0 aliphatic carbocycles. The quantitative estimate of drug-likeness (QED) is 0.446. The van der Waals surface area contributed by atoms with Gasteiger partial charge in [0.15, 0.2) is 5.82 Å². The summed E-state index contributed by atoms with van der Waals surface area (Å²) in [5.41, 5.74) is 10.3. The number of hydrogen-bond donors (Lipinski definition) is 2. The van der Waals surface area contributed by atoms with Gasteiger partial charge in [-0.2, -0.15) is 0 Å². The van der Waals surface area contributed by atoms with E-state index in [4.69, 9.17) is 15.5 Å².